The Bertz CT molecular complexity index is 381. The summed E-state index contributed by atoms with van der Waals surface area (Å²) in [7, 11) is 4.82. The van der Waals surface area contributed by atoms with E-state index in [4.69, 9.17) is 9.47 Å². The first-order chi connectivity index (χ1) is 8.67. The van der Waals surface area contributed by atoms with E-state index >= 15 is 0 Å². The van der Waals surface area contributed by atoms with Gasteiger partial charge >= 0.3 is 5.97 Å². The standard InChI is InChI=1S/C13H19NO4/c1-14(10-13(15)17-3)8-9-18-12-7-5-4-6-11(12)16-2/h4-7H,8-10H2,1-3H3. The predicted molar refractivity (Wildman–Crippen MR) is 68.0 cm³/mol. The smallest absolute Gasteiger partial charge is 0.319 e. The molecular weight excluding hydrogens is 234 g/mol. The Morgan fingerprint density at radius 2 is 1.89 bits per heavy atom. The molecule has 0 aromatic heterocycles. The van der Waals surface area contributed by atoms with Gasteiger partial charge in [0.15, 0.2) is 11.5 Å². The lowest BCUT2D eigenvalue weighted by atomic mass is 10.3. The monoisotopic (exact) mass is 253 g/mol. The van der Waals surface area contributed by atoms with Crippen LogP contribution in [0.5, 0.6) is 11.5 Å². The van der Waals surface area contributed by atoms with Gasteiger partial charge in [-0.1, -0.05) is 12.1 Å². The second kappa shape index (κ2) is 7.55. The molecule has 0 aliphatic heterocycles. The highest BCUT2D eigenvalue weighted by Crippen LogP contribution is 2.25. The minimum absolute atomic E-state index is 0.255. The number of esters is 1. The van der Waals surface area contributed by atoms with Gasteiger partial charge in [-0.2, -0.15) is 0 Å². The van der Waals surface area contributed by atoms with Gasteiger partial charge in [0.1, 0.15) is 6.61 Å². The summed E-state index contributed by atoms with van der Waals surface area (Å²) < 4.78 is 15.3. The van der Waals surface area contributed by atoms with Crippen molar-refractivity contribution in [1.82, 2.24) is 4.90 Å². The van der Waals surface area contributed by atoms with Crippen LogP contribution in [0.25, 0.3) is 0 Å². The SMILES string of the molecule is COC(=O)CN(C)CCOc1ccccc1OC. The van der Waals surface area contributed by atoms with Crippen LogP contribution >= 0.6 is 0 Å². The number of likely N-dealkylation sites (N-methyl/N-ethyl adjacent to an activating group) is 1. The van der Waals surface area contributed by atoms with Crippen molar-refractivity contribution in [2.45, 2.75) is 0 Å². The molecule has 0 fully saturated rings. The molecule has 0 unspecified atom stereocenters. The lowest BCUT2D eigenvalue weighted by Gasteiger charge is -2.16. The highest BCUT2D eigenvalue weighted by atomic mass is 16.5. The van der Waals surface area contributed by atoms with Crippen molar-refractivity contribution in [1.29, 1.82) is 0 Å². The third kappa shape index (κ3) is 4.63. The lowest BCUT2D eigenvalue weighted by Crippen LogP contribution is -2.30. The number of nitrogens with zero attached hydrogens (tertiary/aromatic N) is 1. The van der Waals surface area contributed by atoms with Crippen LogP contribution in [0, 0.1) is 0 Å². The molecule has 1 aromatic carbocycles. The number of carbonyl (C=O) groups is 1. The van der Waals surface area contributed by atoms with Crippen molar-refractivity contribution >= 4 is 5.97 Å². The Hall–Kier alpha value is -1.75. The van der Waals surface area contributed by atoms with E-state index in [0.29, 0.717) is 24.7 Å². The second-order valence-electron chi connectivity index (χ2n) is 3.81. The fraction of sp³-hybridized carbons (Fsp3) is 0.462. The van der Waals surface area contributed by atoms with Crippen molar-refractivity contribution < 1.29 is 19.0 Å². The number of ether oxygens (including phenoxy) is 3. The maximum atomic E-state index is 11.0. The molecule has 0 radical (unpaired) electrons. The highest BCUT2D eigenvalue weighted by Gasteiger charge is 2.07. The second-order valence-corrected chi connectivity index (χ2v) is 3.81. The van der Waals surface area contributed by atoms with E-state index in [2.05, 4.69) is 4.74 Å². The van der Waals surface area contributed by atoms with E-state index in [0.717, 1.165) is 0 Å². The summed E-state index contributed by atoms with van der Waals surface area (Å²) >= 11 is 0. The van der Waals surface area contributed by atoms with Crippen molar-refractivity contribution in [3.8, 4) is 11.5 Å². The van der Waals surface area contributed by atoms with Crippen molar-refractivity contribution in [3.05, 3.63) is 24.3 Å². The summed E-state index contributed by atoms with van der Waals surface area (Å²) in [4.78, 5) is 12.9. The molecule has 0 saturated heterocycles. The van der Waals surface area contributed by atoms with E-state index < -0.39 is 0 Å². The van der Waals surface area contributed by atoms with E-state index in [1.54, 1.807) is 7.11 Å². The first-order valence-electron chi connectivity index (χ1n) is 5.68. The van der Waals surface area contributed by atoms with Gasteiger partial charge in [0.2, 0.25) is 0 Å². The molecule has 5 heteroatoms. The zero-order valence-electron chi connectivity index (χ0n) is 11.0. The van der Waals surface area contributed by atoms with Crippen LogP contribution in [-0.4, -0.2) is 51.8 Å². The Balaban J connectivity index is 2.35. The highest BCUT2D eigenvalue weighted by molar-refractivity contribution is 5.71. The lowest BCUT2D eigenvalue weighted by molar-refractivity contribution is -0.141. The molecule has 0 amide bonds. The van der Waals surface area contributed by atoms with E-state index in [1.165, 1.54) is 7.11 Å². The van der Waals surface area contributed by atoms with Crippen LogP contribution < -0.4 is 9.47 Å². The number of hydrogen-bond acceptors (Lipinski definition) is 5. The minimum atomic E-state index is -0.255. The van der Waals surface area contributed by atoms with Gasteiger partial charge in [-0.05, 0) is 19.2 Å². The van der Waals surface area contributed by atoms with Gasteiger partial charge in [0, 0.05) is 6.54 Å². The van der Waals surface area contributed by atoms with Gasteiger partial charge in [-0.15, -0.1) is 0 Å². The van der Waals surface area contributed by atoms with Crippen molar-refractivity contribution in [3.63, 3.8) is 0 Å². The Labute approximate surface area is 107 Å². The normalized spacial score (nSPS) is 10.2. The maximum absolute atomic E-state index is 11.0. The summed E-state index contributed by atoms with van der Waals surface area (Å²) in [5.41, 5.74) is 0. The predicted octanol–water partition coefficient (Wildman–Crippen LogP) is 1.18. The fourth-order valence-electron chi connectivity index (χ4n) is 1.41. The Kier molecular flexibility index (Phi) is 6.00. The van der Waals surface area contributed by atoms with Crippen LogP contribution in [-0.2, 0) is 9.53 Å². The van der Waals surface area contributed by atoms with Gasteiger partial charge in [0.25, 0.3) is 0 Å². The number of hydrogen-bond donors (Lipinski definition) is 0. The molecule has 0 aliphatic rings. The molecule has 0 spiro atoms. The molecule has 18 heavy (non-hydrogen) atoms. The largest absolute Gasteiger partial charge is 0.493 e. The summed E-state index contributed by atoms with van der Waals surface area (Å²) in [6.45, 7) is 1.37. The number of carbonyl (C=O) groups excluding carboxylic acids is 1. The van der Waals surface area contributed by atoms with Crippen LogP contribution in [0.3, 0.4) is 0 Å². The summed E-state index contributed by atoms with van der Waals surface area (Å²) in [5.74, 6) is 1.15. The van der Waals surface area contributed by atoms with Crippen molar-refractivity contribution in [2.75, 3.05) is 41.0 Å². The molecule has 0 saturated carbocycles. The third-order valence-corrected chi connectivity index (χ3v) is 2.43. The summed E-state index contributed by atoms with van der Waals surface area (Å²) in [5, 5.41) is 0. The third-order valence-electron chi connectivity index (χ3n) is 2.43. The first-order valence-corrected chi connectivity index (χ1v) is 5.68. The summed E-state index contributed by atoms with van der Waals surface area (Å²) in [6, 6.07) is 7.46. The number of benzene rings is 1. The Morgan fingerprint density at radius 3 is 2.50 bits per heavy atom. The van der Waals surface area contributed by atoms with Crippen LogP contribution in [0.15, 0.2) is 24.3 Å². The van der Waals surface area contributed by atoms with Crippen LogP contribution in [0.2, 0.25) is 0 Å². The first kappa shape index (κ1) is 14.3. The van der Waals surface area contributed by atoms with Crippen LogP contribution in [0.4, 0.5) is 0 Å². The molecule has 0 aliphatic carbocycles. The molecule has 0 N–H and O–H groups in total. The quantitative estimate of drug-likeness (QED) is 0.683. The molecule has 0 bridgehead atoms. The molecule has 100 valence electrons. The maximum Gasteiger partial charge on any atom is 0.319 e. The zero-order chi connectivity index (χ0) is 13.4. The van der Waals surface area contributed by atoms with E-state index in [9.17, 15) is 4.79 Å². The minimum Gasteiger partial charge on any atom is -0.493 e. The van der Waals surface area contributed by atoms with Crippen molar-refractivity contribution in [2.24, 2.45) is 0 Å². The molecule has 5 nitrogen and oxygen atoms in total. The molecular formula is C13H19NO4. The zero-order valence-corrected chi connectivity index (χ0v) is 11.0. The topological polar surface area (TPSA) is 48.0 Å². The van der Waals surface area contributed by atoms with Gasteiger partial charge < -0.3 is 14.2 Å². The fourth-order valence-corrected chi connectivity index (χ4v) is 1.41. The molecule has 1 aromatic rings. The number of methoxy groups -OCH3 is 2. The average Bonchev–Trinajstić information content (AvgIpc) is 2.39. The van der Waals surface area contributed by atoms with E-state index in [1.807, 2.05) is 36.2 Å². The Morgan fingerprint density at radius 1 is 1.22 bits per heavy atom. The molecule has 0 heterocycles. The van der Waals surface area contributed by atoms with Gasteiger partial charge in [-0.3, -0.25) is 9.69 Å². The van der Waals surface area contributed by atoms with E-state index in [-0.39, 0.29) is 12.5 Å². The average molecular weight is 253 g/mol. The molecule has 0 atom stereocenters. The number of para-hydroxylation sites is 2. The molecule has 1 rings (SSSR count). The van der Waals surface area contributed by atoms with Crippen LogP contribution in [0.1, 0.15) is 0 Å². The van der Waals surface area contributed by atoms with Gasteiger partial charge in [-0.25, -0.2) is 0 Å². The van der Waals surface area contributed by atoms with Gasteiger partial charge in [0.05, 0.1) is 20.8 Å². The summed E-state index contributed by atoms with van der Waals surface area (Å²) in [6.07, 6.45) is 0. The number of rotatable bonds is 7.